The third-order valence-corrected chi connectivity index (χ3v) is 5.17. The fourth-order valence-corrected chi connectivity index (χ4v) is 3.42. The van der Waals surface area contributed by atoms with Gasteiger partial charge in [0.1, 0.15) is 11.4 Å². The van der Waals surface area contributed by atoms with E-state index in [0.717, 1.165) is 5.56 Å². The molecule has 0 saturated heterocycles. The number of aromatic nitrogens is 1. The van der Waals surface area contributed by atoms with Gasteiger partial charge >= 0.3 is 5.97 Å². The Morgan fingerprint density at radius 3 is 2.48 bits per heavy atom. The van der Waals surface area contributed by atoms with Crippen LogP contribution in [0.1, 0.15) is 31.8 Å². The molecular weight excluding hydrogens is 490 g/mol. The highest BCUT2D eigenvalue weighted by Crippen LogP contribution is 2.20. The lowest BCUT2D eigenvalue weighted by Crippen LogP contribution is -2.28. The van der Waals surface area contributed by atoms with Gasteiger partial charge in [-0.3, -0.25) is 14.6 Å². The lowest BCUT2D eigenvalue weighted by molar-refractivity contribution is -0.136. The van der Waals surface area contributed by atoms with Gasteiger partial charge in [-0.1, -0.05) is 12.1 Å². The van der Waals surface area contributed by atoms with Crippen molar-refractivity contribution < 1.29 is 24.2 Å². The number of amides is 2. The van der Waals surface area contributed by atoms with Crippen LogP contribution in [0.3, 0.4) is 0 Å². The van der Waals surface area contributed by atoms with E-state index in [1.165, 1.54) is 31.4 Å². The number of aromatic hydroxyl groups is 1. The van der Waals surface area contributed by atoms with E-state index in [0.29, 0.717) is 15.6 Å². The van der Waals surface area contributed by atoms with Gasteiger partial charge in [-0.25, -0.2) is 4.79 Å². The van der Waals surface area contributed by atoms with Crippen LogP contribution < -0.4 is 10.6 Å². The smallest absolute Gasteiger partial charge is 0.354 e. The molecule has 0 radical (unpaired) electrons. The second kappa shape index (κ2) is 11.1. The van der Waals surface area contributed by atoms with E-state index < -0.39 is 11.9 Å². The summed E-state index contributed by atoms with van der Waals surface area (Å²) in [5.74, 6) is -1.50. The number of nitrogens with zero attached hydrogens (tertiary/aromatic N) is 1. The van der Waals surface area contributed by atoms with Crippen LogP contribution in [0.5, 0.6) is 5.75 Å². The minimum Gasteiger partial charge on any atom is -0.508 e. The number of carbonyl (C=O) groups is 3. The Balaban J connectivity index is 1.72. The lowest BCUT2D eigenvalue weighted by Gasteiger charge is -2.11. The number of nitrogens with one attached hydrogen (secondary N) is 2. The number of phenols is 1. The molecule has 0 saturated carbocycles. The van der Waals surface area contributed by atoms with Crippen LogP contribution >= 0.6 is 15.9 Å². The first-order chi connectivity index (χ1) is 15.9. The van der Waals surface area contributed by atoms with Crippen molar-refractivity contribution >= 4 is 39.8 Å². The SMILES string of the molecule is COC(=O)C(=Cc1ccncc1)NC(=O)c1ccc(C(=O)NCc2cccc(O)c2)cc1Br. The number of carbonyl (C=O) groups excluding carboxylic acids is 3. The highest BCUT2D eigenvalue weighted by atomic mass is 79.9. The largest absolute Gasteiger partial charge is 0.508 e. The third kappa shape index (κ3) is 6.50. The molecule has 0 aliphatic rings. The first-order valence-electron chi connectivity index (χ1n) is 9.74. The monoisotopic (exact) mass is 509 g/mol. The summed E-state index contributed by atoms with van der Waals surface area (Å²) >= 11 is 3.31. The van der Waals surface area contributed by atoms with Crippen molar-refractivity contribution in [1.29, 1.82) is 0 Å². The summed E-state index contributed by atoms with van der Waals surface area (Å²) in [6.07, 6.45) is 4.59. The summed E-state index contributed by atoms with van der Waals surface area (Å²) in [6.45, 7) is 0.232. The molecule has 9 heteroatoms. The van der Waals surface area contributed by atoms with Crippen molar-refractivity contribution in [1.82, 2.24) is 15.6 Å². The molecule has 2 aromatic carbocycles. The van der Waals surface area contributed by atoms with Gasteiger partial charge in [0.25, 0.3) is 11.8 Å². The molecule has 3 aromatic rings. The Labute approximate surface area is 198 Å². The van der Waals surface area contributed by atoms with Gasteiger partial charge < -0.3 is 20.5 Å². The predicted octanol–water partition coefficient (Wildman–Crippen LogP) is 3.42. The molecule has 0 spiro atoms. The number of phenolic OH excluding ortho intramolecular Hbond substituents is 1. The molecule has 168 valence electrons. The number of rotatable bonds is 7. The zero-order valence-corrected chi connectivity index (χ0v) is 19.1. The van der Waals surface area contributed by atoms with E-state index in [2.05, 4.69) is 31.5 Å². The van der Waals surface area contributed by atoms with Crippen LogP contribution in [0.4, 0.5) is 0 Å². The molecule has 0 aliphatic carbocycles. The Bertz CT molecular complexity index is 1210. The van der Waals surface area contributed by atoms with E-state index in [1.807, 2.05) is 0 Å². The zero-order valence-electron chi connectivity index (χ0n) is 17.5. The summed E-state index contributed by atoms with van der Waals surface area (Å²) in [7, 11) is 1.22. The van der Waals surface area contributed by atoms with Gasteiger partial charge in [-0.2, -0.15) is 0 Å². The van der Waals surface area contributed by atoms with E-state index in [-0.39, 0.29) is 29.5 Å². The van der Waals surface area contributed by atoms with Crippen LogP contribution in [0.25, 0.3) is 6.08 Å². The first kappa shape index (κ1) is 23.7. The van der Waals surface area contributed by atoms with E-state index in [1.54, 1.807) is 48.8 Å². The predicted molar refractivity (Wildman–Crippen MR) is 125 cm³/mol. The number of esters is 1. The number of halogens is 1. The zero-order chi connectivity index (χ0) is 23.8. The minimum atomic E-state index is -0.709. The van der Waals surface area contributed by atoms with Gasteiger partial charge in [0, 0.05) is 29.0 Å². The molecule has 2 amide bonds. The lowest BCUT2D eigenvalue weighted by atomic mass is 10.1. The highest BCUT2D eigenvalue weighted by molar-refractivity contribution is 9.10. The van der Waals surface area contributed by atoms with Crippen LogP contribution in [-0.4, -0.2) is 35.0 Å². The first-order valence-corrected chi connectivity index (χ1v) is 10.5. The Morgan fingerprint density at radius 2 is 1.82 bits per heavy atom. The molecule has 0 fully saturated rings. The molecular formula is C24H20BrN3O5. The number of ether oxygens (including phenoxy) is 1. The molecule has 8 nitrogen and oxygen atoms in total. The summed E-state index contributed by atoms with van der Waals surface area (Å²) in [5.41, 5.74) is 1.91. The molecule has 0 aliphatic heterocycles. The molecule has 1 heterocycles. The highest BCUT2D eigenvalue weighted by Gasteiger charge is 2.18. The van der Waals surface area contributed by atoms with Crippen LogP contribution in [-0.2, 0) is 16.1 Å². The normalized spacial score (nSPS) is 10.9. The molecule has 33 heavy (non-hydrogen) atoms. The number of pyridine rings is 1. The molecule has 3 N–H and O–H groups in total. The molecule has 3 rings (SSSR count). The van der Waals surface area contributed by atoms with E-state index >= 15 is 0 Å². The Hall–Kier alpha value is -3.98. The van der Waals surface area contributed by atoms with Gasteiger partial charge in [-0.05, 0) is 75.6 Å². The van der Waals surface area contributed by atoms with Crippen LogP contribution in [0.2, 0.25) is 0 Å². The quantitative estimate of drug-likeness (QED) is 0.331. The fraction of sp³-hybridized carbons (Fsp3) is 0.0833. The number of hydrogen-bond donors (Lipinski definition) is 3. The molecule has 1 aromatic heterocycles. The maximum atomic E-state index is 12.8. The average Bonchev–Trinajstić information content (AvgIpc) is 2.82. The average molecular weight is 510 g/mol. The third-order valence-electron chi connectivity index (χ3n) is 4.51. The summed E-state index contributed by atoms with van der Waals surface area (Å²) < 4.78 is 5.13. The van der Waals surface area contributed by atoms with Crippen molar-refractivity contribution in [3.05, 3.63) is 99.4 Å². The van der Waals surface area contributed by atoms with Crippen molar-refractivity contribution in [3.63, 3.8) is 0 Å². The summed E-state index contributed by atoms with van der Waals surface area (Å²) in [5, 5.41) is 14.8. The van der Waals surface area contributed by atoms with Crippen molar-refractivity contribution in [2.24, 2.45) is 0 Å². The Morgan fingerprint density at radius 1 is 1.06 bits per heavy atom. The minimum absolute atomic E-state index is 0.0477. The maximum absolute atomic E-state index is 12.8. The fourth-order valence-electron chi connectivity index (χ4n) is 2.86. The van der Waals surface area contributed by atoms with Crippen molar-refractivity contribution in [2.45, 2.75) is 6.54 Å². The summed E-state index contributed by atoms with van der Waals surface area (Å²) in [4.78, 5) is 41.3. The molecule has 0 unspecified atom stereocenters. The topological polar surface area (TPSA) is 118 Å². The van der Waals surface area contributed by atoms with Crippen LogP contribution in [0, 0.1) is 0 Å². The van der Waals surface area contributed by atoms with Crippen molar-refractivity contribution in [2.75, 3.05) is 7.11 Å². The molecule has 0 bridgehead atoms. The van der Waals surface area contributed by atoms with Gasteiger partial charge in [0.15, 0.2) is 0 Å². The number of hydrogen-bond acceptors (Lipinski definition) is 6. The number of benzene rings is 2. The maximum Gasteiger partial charge on any atom is 0.354 e. The van der Waals surface area contributed by atoms with E-state index in [9.17, 15) is 19.5 Å². The van der Waals surface area contributed by atoms with Crippen molar-refractivity contribution in [3.8, 4) is 5.75 Å². The second-order valence-corrected chi connectivity index (χ2v) is 7.69. The van der Waals surface area contributed by atoms with Gasteiger partial charge in [0.2, 0.25) is 0 Å². The van der Waals surface area contributed by atoms with Gasteiger partial charge in [0.05, 0.1) is 12.7 Å². The van der Waals surface area contributed by atoms with Gasteiger partial charge in [-0.15, -0.1) is 0 Å². The van der Waals surface area contributed by atoms with E-state index in [4.69, 9.17) is 4.74 Å². The summed E-state index contributed by atoms with van der Waals surface area (Å²) in [6, 6.07) is 14.4. The Kier molecular flexibility index (Phi) is 7.93. The number of methoxy groups -OCH3 is 1. The van der Waals surface area contributed by atoms with Crippen LogP contribution in [0.15, 0.2) is 77.2 Å². The second-order valence-electron chi connectivity index (χ2n) is 6.83. The standard InChI is InChI=1S/C24H20BrN3O5/c1-33-24(32)21(12-15-7-9-26-10-8-15)28-23(31)19-6-5-17(13-20(19)25)22(30)27-14-16-3-2-4-18(29)11-16/h2-13,29H,14H2,1H3,(H,27,30)(H,28,31). The molecule has 0 atom stereocenters.